The van der Waals surface area contributed by atoms with Crippen molar-refractivity contribution in [3.8, 4) is 0 Å². The van der Waals surface area contributed by atoms with Crippen LogP contribution >= 0.6 is 23.2 Å². The number of nitrogens with one attached hydrogen (secondary N) is 1. The van der Waals surface area contributed by atoms with Crippen molar-refractivity contribution in [2.24, 2.45) is 5.92 Å². The van der Waals surface area contributed by atoms with Crippen LogP contribution in [0.4, 0.5) is 5.69 Å². The largest absolute Gasteiger partial charge is 0.354 e. The van der Waals surface area contributed by atoms with Gasteiger partial charge in [-0.25, -0.2) is 8.42 Å². The molecule has 1 atom stereocenters. The molecule has 3 aromatic rings. The fraction of sp³-hybridized carbons (Fsp3) is 0.310. The van der Waals surface area contributed by atoms with Crippen LogP contribution in [0.25, 0.3) is 0 Å². The SMILES string of the molecule is CC(C)CNC(=O)[C@H](Cc1ccccc1)N(Cc1ccccc1Cl)C(=O)CN(c1cccc(Cl)c1)S(C)(=O)=O. The van der Waals surface area contributed by atoms with Gasteiger partial charge in [0, 0.05) is 29.6 Å². The average molecular weight is 591 g/mol. The maximum atomic E-state index is 14.0. The lowest BCUT2D eigenvalue weighted by Gasteiger charge is -2.34. The molecular formula is C29H33Cl2N3O4S. The Morgan fingerprint density at radius 2 is 1.59 bits per heavy atom. The molecule has 0 bridgehead atoms. The second kappa shape index (κ2) is 13.8. The highest BCUT2D eigenvalue weighted by atomic mass is 35.5. The Labute approximate surface area is 240 Å². The molecule has 0 aliphatic rings. The summed E-state index contributed by atoms with van der Waals surface area (Å²) in [6.45, 7) is 3.88. The van der Waals surface area contributed by atoms with Gasteiger partial charge in [0.1, 0.15) is 12.6 Å². The van der Waals surface area contributed by atoms with Crippen LogP contribution in [0.5, 0.6) is 0 Å². The maximum Gasteiger partial charge on any atom is 0.244 e. The number of carbonyl (C=O) groups excluding carboxylic acids is 2. The van der Waals surface area contributed by atoms with Crippen molar-refractivity contribution >= 4 is 50.7 Å². The third-order valence-corrected chi connectivity index (χ3v) is 7.77. The molecule has 0 heterocycles. The van der Waals surface area contributed by atoms with Crippen LogP contribution in [0, 0.1) is 5.92 Å². The number of hydrogen-bond donors (Lipinski definition) is 1. The van der Waals surface area contributed by atoms with E-state index in [2.05, 4.69) is 5.32 Å². The van der Waals surface area contributed by atoms with Crippen LogP contribution in [0.1, 0.15) is 25.0 Å². The third-order valence-electron chi connectivity index (χ3n) is 6.03. The number of carbonyl (C=O) groups is 2. The number of rotatable bonds is 12. The Bertz CT molecular complexity index is 1380. The highest BCUT2D eigenvalue weighted by Gasteiger charge is 2.33. The van der Waals surface area contributed by atoms with Gasteiger partial charge < -0.3 is 10.2 Å². The molecule has 0 unspecified atom stereocenters. The molecule has 1 N–H and O–H groups in total. The number of hydrogen-bond acceptors (Lipinski definition) is 4. The van der Waals surface area contributed by atoms with E-state index in [4.69, 9.17) is 23.2 Å². The summed E-state index contributed by atoms with van der Waals surface area (Å²) in [5.41, 5.74) is 1.74. The van der Waals surface area contributed by atoms with Crippen molar-refractivity contribution in [2.45, 2.75) is 32.9 Å². The summed E-state index contributed by atoms with van der Waals surface area (Å²) in [5, 5.41) is 3.71. The minimum Gasteiger partial charge on any atom is -0.354 e. The topological polar surface area (TPSA) is 86.8 Å². The summed E-state index contributed by atoms with van der Waals surface area (Å²) >= 11 is 12.6. The van der Waals surface area contributed by atoms with Gasteiger partial charge in [0.2, 0.25) is 21.8 Å². The second-order valence-corrected chi connectivity index (χ2v) is 12.5. The Balaban J connectivity index is 2.06. The van der Waals surface area contributed by atoms with Crippen molar-refractivity contribution in [3.05, 3.63) is 100 Å². The standard InChI is InChI=1S/C29H33Cl2N3O4S/c1-21(2)18-32-29(36)27(16-22-10-5-4-6-11-22)33(19-23-12-7-8-15-26(23)31)28(35)20-34(39(3,37)38)25-14-9-13-24(30)17-25/h4-15,17,21,27H,16,18-20H2,1-3H3,(H,32,36)/t27-/m0/s1. The third kappa shape index (κ3) is 8.98. The molecule has 0 radical (unpaired) electrons. The van der Waals surface area contributed by atoms with Crippen LogP contribution in [0.15, 0.2) is 78.9 Å². The quantitative estimate of drug-likeness (QED) is 0.315. The molecule has 0 aromatic heterocycles. The molecule has 0 saturated carbocycles. The Morgan fingerprint density at radius 3 is 2.21 bits per heavy atom. The summed E-state index contributed by atoms with van der Waals surface area (Å²) in [5.74, 6) is -0.690. The molecule has 2 amide bonds. The van der Waals surface area contributed by atoms with E-state index in [1.807, 2.05) is 44.2 Å². The molecule has 39 heavy (non-hydrogen) atoms. The van der Waals surface area contributed by atoms with Gasteiger partial charge in [-0.15, -0.1) is 0 Å². The molecule has 0 aliphatic carbocycles. The monoisotopic (exact) mass is 589 g/mol. The molecule has 7 nitrogen and oxygen atoms in total. The lowest BCUT2D eigenvalue weighted by molar-refractivity contribution is -0.140. The Kier molecular flexibility index (Phi) is 10.8. The summed E-state index contributed by atoms with van der Waals surface area (Å²) in [4.78, 5) is 29.0. The van der Waals surface area contributed by atoms with Crippen LogP contribution < -0.4 is 9.62 Å². The van der Waals surface area contributed by atoms with Gasteiger partial charge in [-0.05, 0) is 41.3 Å². The highest BCUT2D eigenvalue weighted by molar-refractivity contribution is 7.92. The lowest BCUT2D eigenvalue weighted by atomic mass is 10.0. The average Bonchev–Trinajstić information content (AvgIpc) is 2.88. The van der Waals surface area contributed by atoms with Crippen LogP contribution in [-0.4, -0.2) is 50.5 Å². The molecule has 10 heteroatoms. The van der Waals surface area contributed by atoms with Crippen LogP contribution in [0.3, 0.4) is 0 Å². The van der Waals surface area contributed by atoms with E-state index in [-0.39, 0.29) is 30.5 Å². The normalized spacial score (nSPS) is 12.2. The van der Waals surface area contributed by atoms with Crippen LogP contribution in [-0.2, 0) is 32.6 Å². The van der Waals surface area contributed by atoms with Gasteiger partial charge in [0.25, 0.3) is 0 Å². The zero-order chi connectivity index (χ0) is 28.6. The summed E-state index contributed by atoms with van der Waals surface area (Å²) < 4.78 is 26.6. The first kappa shape index (κ1) is 30.5. The summed E-state index contributed by atoms with van der Waals surface area (Å²) in [6.07, 6.45) is 1.26. The lowest BCUT2D eigenvalue weighted by Crippen LogP contribution is -2.53. The van der Waals surface area contributed by atoms with Gasteiger partial charge >= 0.3 is 0 Å². The molecule has 3 aromatic carbocycles. The van der Waals surface area contributed by atoms with Crippen molar-refractivity contribution < 1.29 is 18.0 Å². The molecule has 208 valence electrons. The van der Waals surface area contributed by atoms with E-state index in [0.29, 0.717) is 22.2 Å². The second-order valence-electron chi connectivity index (χ2n) is 9.71. The Morgan fingerprint density at radius 1 is 0.923 bits per heavy atom. The number of halogens is 2. The zero-order valence-corrected chi connectivity index (χ0v) is 24.5. The van der Waals surface area contributed by atoms with E-state index in [1.54, 1.807) is 42.5 Å². The van der Waals surface area contributed by atoms with Crippen molar-refractivity contribution in [1.82, 2.24) is 10.2 Å². The van der Waals surface area contributed by atoms with E-state index < -0.39 is 28.5 Å². The number of nitrogens with zero attached hydrogens (tertiary/aromatic N) is 2. The molecule has 0 spiro atoms. The molecule has 0 saturated heterocycles. The number of sulfonamides is 1. The number of amides is 2. The number of anilines is 1. The van der Waals surface area contributed by atoms with E-state index >= 15 is 0 Å². The summed E-state index contributed by atoms with van der Waals surface area (Å²) in [6, 6.07) is 21.8. The first-order chi connectivity index (χ1) is 18.5. The smallest absolute Gasteiger partial charge is 0.244 e. The maximum absolute atomic E-state index is 14.0. The molecule has 0 aliphatic heterocycles. The molecule has 0 fully saturated rings. The molecular weight excluding hydrogens is 557 g/mol. The van der Waals surface area contributed by atoms with Crippen molar-refractivity contribution in [3.63, 3.8) is 0 Å². The van der Waals surface area contributed by atoms with Gasteiger partial charge in [0.05, 0.1) is 11.9 Å². The van der Waals surface area contributed by atoms with Gasteiger partial charge in [-0.3, -0.25) is 13.9 Å². The predicted molar refractivity (Wildman–Crippen MR) is 157 cm³/mol. The van der Waals surface area contributed by atoms with E-state index in [0.717, 1.165) is 16.1 Å². The van der Waals surface area contributed by atoms with Crippen molar-refractivity contribution in [1.29, 1.82) is 0 Å². The highest BCUT2D eigenvalue weighted by Crippen LogP contribution is 2.24. The predicted octanol–water partition coefficient (Wildman–Crippen LogP) is 5.17. The van der Waals surface area contributed by atoms with Crippen LogP contribution in [0.2, 0.25) is 10.0 Å². The fourth-order valence-electron chi connectivity index (χ4n) is 4.03. The van der Waals surface area contributed by atoms with Gasteiger partial charge in [-0.1, -0.05) is 91.6 Å². The number of benzene rings is 3. The summed E-state index contributed by atoms with van der Waals surface area (Å²) in [7, 11) is -3.87. The first-order valence-corrected chi connectivity index (χ1v) is 15.1. The van der Waals surface area contributed by atoms with E-state index in [1.165, 1.54) is 11.0 Å². The minimum atomic E-state index is -3.87. The Hall–Kier alpha value is -3.07. The first-order valence-electron chi connectivity index (χ1n) is 12.5. The van der Waals surface area contributed by atoms with Crippen molar-refractivity contribution in [2.75, 3.05) is 23.7 Å². The zero-order valence-electron chi connectivity index (χ0n) is 22.2. The van der Waals surface area contributed by atoms with Gasteiger partial charge in [-0.2, -0.15) is 0 Å². The minimum absolute atomic E-state index is 0.0122. The van der Waals surface area contributed by atoms with E-state index in [9.17, 15) is 18.0 Å². The molecule has 3 rings (SSSR count). The fourth-order valence-corrected chi connectivity index (χ4v) is 5.25. The van der Waals surface area contributed by atoms with Gasteiger partial charge in [0.15, 0.2) is 0 Å².